The van der Waals surface area contributed by atoms with Crippen molar-refractivity contribution in [2.75, 3.05) is 24.5 Å². The lowest BCUT2D eigenvalue weighted by atomic mass is 10.0. The maximum atomic E-state index is 12.8. The predicted molar refractivity (Wildman–Crippen MR) is 97.4 cm³/mol. The van der Waals surface area contributed by atoms with Gasteiger partial charge in [0.15, 0.2) is 0 Å². The van der Waals surface area contributed by atoms with Gasteiger partial charge in [-0.25, -0.2) is 0 Å². The minimum atomic E-state index is 0.182. The van der Waals surface area contributed by atoms with E-state index in [1.807, 2.05) is 29.2 Å². The van der Waals surface area contributed by atoms with Gasteiger partial charge in [-0.3, -0.25) is 9.69 Å². The third kappa shape index (κ3) is 3.94. The van der Waals surface area contributed by atoms with Gasteiger partial charge in [-0.2, -0.15) is 0 Å². The van der Waals surface area contributed by atoms with E-state index in [1.165, 1.54) is 10.4 Å². The van der Waals surface area contributed by atoms with Crippen molar-refractivity contribution < 1.29 is 4.79 Å². The van der Waals surface area contributed by atoms with Crippen LogP contribution in [0.3, 0.4) is 0 Å². The molecule has 5 heteroatoms. The number of aryl methyl sites for hydroxylation is 1. The molecule has 1 aliphatic heterocycles. The maximum absolute atomic E-state index is 12.8. The topological polar surface area (TPSA) is 23.6 Å². The van der Waals surface area contributed by atoms with Gasteiger partial charge in [0.05, 0.1) is 10.9 Å². The number of hydrogen-bond acceptors (Lipinski definition) is 3. The molecular weight excluding hydrogens is 328 g/mol. The van der Waals surface area contributed by atoms with E-state index in [1.54, 1.807) is 11.3 Å². The SMILES string of the molecule is CCN(CC(=O)N1CCCc2ccccc21)Cc1ccc(Cl)s1. The van der Waals surface area contributed by atoms with E-state index >= 15 is 0 Å². The van der Waals surface area contributed by atoms with Gasteiger partial charge in [0, 0.05) is 23.7 Å². The molecular formula is C18H21ClN2OS. The van der Waals surface area contributed by atoms with E-state index in [2.05, 4.69) is 24.0 Å². The van der Waals surface area contributed by atoms with Gasteiger partial charge in [-0.1, -0.05) is 36.7 Å². The second-order valence-corrected chi connectivity index (χ2v) is 7.59. The first-order valence-electron chi connectivity index (χ1n) is 8.02. The Hall–Kier alpha value is -1.36. The van der Waals surface area contributed by atoms with Crippen molar-refractivity contribution >= 4 is 34.5 Å². The molecule has 1 aromatic heterocycles. The number of nitrogens with zero attached hydrogens (tertiary/aromatic N) is 2. The molecule has 1 amide bonds. The Labute approximate surface area is 146 Å². The van der Waals surface area contributed by atoms with Gasteiger partial charge in [-0.15, -0.1) is 11.3 Å². The number of hydrogen-bond donors (Lipinski definition) is 0. The molecule has 1 aliphatic rings. The summed E-state index contributed by atoms with van der Waals surface area (Å²) in [5.74, 6) is 0.182. The number of thiophene rings is 1. The first-order valence-corrected chi connectivity index (χ1v) is 9.21. The van der Waals surface area contributed by atoms with E-state index in [-0.39, 0.29) is 5.91 Å². The summed E-state index contributed by atoms with van der Waals surface area (Å²) in [4.78, 5) is 18.1. The molecule has 2 aromatic rings. The van der Waals surface area contributed by atoms with Crippen LogP contribution in [0.15, 0.2) is 36.4 Å². The number of para-hydroxylation sites is 1. The molecule has 0 spiro atoms. The number of halogens is 1. The van der Waals surface area contributed by atoms with Crippen molar-refractivity contribution in [1.82, 2.24) is 4.90 Å². The van der Waals surface area contributed by atoms with Crippen LogP contribution in [0.5, 0.6) is 0 Å². The van der Waals surface area contributed by atoms with Gasteiger partial charge >= 0.3 is 0 Å². The summed E-state index contributed by atoms with van der Waals surface area (Å²) < 4.78 is 0.798. The number of fused-ring (bicyclic) bond motifs is 1. The van der Waals surface area contributed by atoms with E-state index < -0.39 is 0 Å². The van der Waals surface area contributed by atoms with Crippen LogP contribution in [0.4, 0.5) is 5.69 Å². The number of carbonyl (C=O) groups excluding carboxylic acids is 1. The quantitative estimate of drug-likeness (QED) is 0.808. The predicted octanol–water partition coefficient (Wildman–Crippen LogP) is 4.20. The lowest BCUT2D eigenvalue weighted by Crippen LogP contribution is -2.42. The second kappa shape index (κ2) is 7.47. The summed E-state index contributed by atoms with van der Waals surface area (Å²) in [6, 6.07) is 12.2. The lowest BCUT2D eigenvalue weighted by Gasteiger charge is -2.31. The molecule has 0 atom stereocenters. The van der Waals surface area contributed by atoms with Crippen LogP contribution in [-0.4, -0.2) is 30.4 Å². The molecule has 122 valence electrons. The Kier molecular flexibility index (Phi) is 5.36. The standard InChI is InChI=1S/C18H21ClN2OS/c1-2-20(12-15-9-10-17(19)23-15)13-18(22)21-11-5-7-14-6-3-4-8-16(14)21/h3-4,6,8-10H,2,5,7,11-13H2,1H3. The molecule has 0 bridgehead atoms. The molecule has 0 N–H and O–H groups in total. The number of likely N-dealkylation sites (N-methyl/N-ethyl adjacent to an activating group) is 1. The molecule has 0 fully saturated rings. The van der Waals surface area contributed by atoms with Crippen LogP contribution in [0.25, 0.3) is 0 Å². The summed E-state index contributed by atoms with van der Waals surface area (Å²) in [5.41, 5.74) is 2.36. The average Bonchev–Trinajstić information content (AvgIpc) is 2.98. The molecule has 0 saturated heterocycles. The van der Waals surface area contributed by atoms with E-state index in [4.69, 9.17) is 11.6 Å². The summed E-state index contributed by atoms with van der Waals surface area (Å²) in [5, 5.41) is 0. The van der Waals surface area contributed by atoms with Crippen LogP contribution in [-0.2, 0) is 17.8 Å². The average molecular weight is 349 g/mol. The van der Waals surface area contributed by atoms with E-state index in [0.717, 1.165) is 42.5 Å². The highest BCUT2D eigenvalue weighted by molar-refractivity contribution is 7.16. The summed E-state index contributed by atoms with van der Waals surface area (Å²) in [7, 11) is 0. The zero-order valence-corrected chi connectivity index (χ0v) is 14.9. The fraction of sp³-hybridized carbons (Fsp3) is 0.389. The Bertz CT molecular complexity index is 685. The van der Waals surface area contributed by atoms with Crippen LogP contribution in [0, 0.1) is 0 Å². The highest BCUT2D eigenvalue weighted by atomic mass is 35.5. The van der Waals surface area contributed by atoms with Gasteiger partial charge in [0.1, 0.15) is 0 Å². The molecule has 0 aliphatic carbocycles. The zero-order chi connectivity index (χ0) is 16.2. The molecule has 0 radical (unpaired) electrons. The third-order valence-electron chi connectivity index (χ3n) is 4.23. The number of anilines is 1. The highest BCUT2D eigenvalue weighted by Crippen LogP contribution is 2.27. The Balaban J connectivity index is 1.68. The summed E-state index contributed by atoms with van der Waals surface area (Å²) in [6.07, 6.45) is 2.10. The van der Waals surface area contributed by atoms with Crippen molar-refractivity contribution in [1.29, 1.82) is 0 Å². The third-order valence-corrected chi connectivity index (χ3v) is 5.44. The maximum Gasteiger partial charge on any atom is 0.241 e. The van der Waals surface area contributed by atoms with Crippen LogP contribution in [0.1, 0.15) is 23.8 Å². The smallest absolute Gasteiger partial charge is 0.241 e. The molecule has 23 heavy (non-hydrogen) atoms. The fourth-order valence-corrected chi connectivity index (χ4v) is 4.14. The van der Waals surface area contributed by atoms with Gasteiger partial charge in [0.2, 0.25) is 5.91 Å². The largest absolute Gasteiger partial charge is 0.311 e. The van der Waals surface area contributed by atoms with Crippen molar-refractivity contribution in [3.8, 4) is 0 Å². The lowest BCUT2D eigenvalue weighted by molar-refractivity contribution is -0.119. The summed E-state index contributed by atoms with van der Waals surface area (Å²) in [6.45, 7) is 4.97. The van der Waals surface area contributed by atoms with Crippen molar-refractivity contribution in [3.63, 3.8) is 0 Å². The van der Waals surface area contributed by atoms with Crippen molar-refractivity contribution in [2.24, 2.45) is 0 Å². The molecule has 1 aromatic carbocycles. The normalized spacial score (nSPS) is 14.1. The van der Waals surface area contributed by atoms with Gasteiger partial charge in [0.25, 0.3) is 0 Å². The van der Waals surface area contributed by atoms with Gasteiger partial charge < -0.3 is 4.90 Å². The number of amides is 1. The van der Waals surface area contributed by atoms with Crippen molar-refractivity contribution in [2.45, 2.75) is 26.3 Å². The van der Waals surface area contributed by atoms with Crippen LogP contribution >= 0.6 is 22.9 Å². The summed E-state index contributed by atoms with van der Waals surface area (Å²) >= 11 is 7.58. The molecule has 2 heterocycles. The van der Waals surface area contributed by atoms with E-state index in [9.17, 15) is 4.79 Å². The number of carbonyl (C=O) groups is 1. The molecule has 0 unspecified atom stereocenters. The second-order valence-electron chi connectivity index (χ2n) is 5.79. The fourth-order valence-electron chi connectivity index (χ4n) is 3.01. The van der Waals surface area contributed by atoms with Crippen LogP contribution in [0.2, 0.25) is 4.34 Å². The Morgan fingerprint density at radius 1 is 1.30 bits per heavy atom. The zero-order valence-electron chi connectivity index (χ0n) is 13.3. The van der Waals surface area contributed by atoms with Gasteiger partial charge in [-0.05, 0) is 43.1 Å². The monoisotopic (exact) mass is 348 g/mol. The molecule has 3 nitrogen and oxygen atoms in total. The molecule has 0 saturated carbocycles. The number of benzene rings is 1. The molecule has 3 rings (SSSR count). The highest BCUT2D eigenvalue weighted by Gasteiger charge is 2.23. The van der Waals surface area contributed by atoms with Crippen molar-refractivity contribution in [3.05, 3.63) is 51.2 Å². The van der Waals surface area contributed by atoms with Crippen LogP contribution < -0.4 is 4.90 Å². The number of rotatable bonds is 5. The minimum absolute atomic E-state index is 0.182. The Morgan fingerprint density at radius 3 is 2.87 bits per heavy atom. The minimum Gasteiger partial charge on any atom is -0.311 e. The van der Waals surface area contributed by atoms with E-state index in [0.29, 0.717) is 6.54 Å². The first-order chi connectivity index (χ1) is 11.2. The Morgan fingerprint density at radius 2 is 2.13 bits per heavy atom. The first kappa shape index (κ1) is 16.5.